The van der Waals surface area contributed by atoms with Gasteiger partial charge in [-0.25, -0.2) is 4.99 Å². The van der Waals surface area contributed by atoms with Crippen molar-refractivity contribution in [1.29, 1.82) is 0 Å². The van der Waals surface area contributed by atoms with Crippen molar-refractivity contribution in [2.24, 2.45) is 4.99 Å². The second-order valence-electron chi connectivity index (χ2n) is 8.94. The van der Waals surface area contributed by atoms with Gasteiger partial charge in [0.15, 0.2) is 0 Å². The van der Waals surface area contributed by atoms with Gasteiger partial charge >= 0.3 is 0 Å². The highest BCUT2D eigenvalue weighted by Crippen LogP contribution is 2.38. The van der Waals surface area contributed by atoms with Crippen LogP contribution in [-0.4, -0.2) is 36.4 Å². The Kier molecular flexibility index (Phi) is 9.91. The predicted molar refractivity (Wildman–Crippen MR) is 148 cm³/mol. The number of hydrogen-bond acceptors (Lipinski definition) is 4. The monoisotopic (exact) mass is 470 g/mol. The van der Waals surface area contributed by atoms with Crippen LogP contribution in [0.25, 0.3) is 0 Å². The van der Waals surface area contributed by atoms with Crippen molar-refractivity contribution in [2.45, 2.75) is 46.1 Å². The van der Waals surface area contributed by atoms with Gasteiger partial charge in [0.1, 0.15) is 0 Å². The largest absolute Gasteiger partial charge is 0.353 e. The number of likely N-dealkylation sites (tertiary alicyclic amines) is 1. The Labute approximate surface area is 210 Å². The molecule has 5 nitrogen and oxygen atoms in total. The van der Waals surface area contributed by atoms with Crippen LogP contribution in [0.15, 0.2) is 96.0 Å². The molecule has 5 heteroatoms. The summed E-state index contributed by atoms with van der Waals surface area (Å²) in [5.74, 6) is 1.11. The lowest BCUT2D eigenvalue weighted by Crippen LogP contribution is -2.49. The van der Waals surface area contributed by atoms with E-state index in [1.807, 2.05) is 25.2 Å². The third kappa shape index (κ3) is 7.44. The first-order valence-corrected chi connectivity index (χ1v) is 12.5. The van der Waals surface area contributed by atoms with E-state index in [2.05, 4.69) is 83.2 Å². The molecular formula is C30H38N4O. The minimum absolute atomic E-state index is 0.00421. The minimum atomic E-state index is -0.00421. The number of carbonyl (C=O) groups excluding carboxylic acids is 1. The highest BCUT2D eigenvalue weighted by molar-refractivity contribution is 6.00. The van der Waals surface area contributed by atoms with Crippen molar-refractivity contribution >= 4 is 23.2 Å². The number of carbonyl (C=O) groups is 1. The van der Waals surface area contributed by atoms with Crippen LogP contribution in [-0.2, 0) is 4.79 Å². The SMILES string of the molecule is C=C/C=C\C=C(/C)CNC(C)=O.CC1c2ccccc2N=C(N2CCCCC2)N1c1ccccc1. The second-order valence-corrected chi connectivity index (χ2v) is 8.94. The molecule has 0 bridgehead atoms. The summed E-state index contributed by atoms with van der Waals surface area (Å²) >= 11 is 0. The molecule has 1 atom stereocenters. The van der Waals surface area contributed by atoms with E-state index in [9.17, 15) is 4.79 Å². The van der Waals surface area contributed by atoms with Crippen LogP contribution in [0.2, 0.25) is 0 Å². The summed E-state index contributed by atoms with van der Waals surface area (Å²) in [6.45, 7) is 12.1. The van der Waals surface area contributed by atoms with E-state index in [1.54, 1.807) is 6.08 Å². The first kappa shape index (κ1) is 26.0. The molecule has 184 valence electrons. The van der Waals surface area contributed by atoms with E-state index in [1.165, 1.54) is 37.4 Å². The molecule has 2 aliphatic heterocycles. The number of benzene rings is 2. The highest BCUT2D eigenvalue weighted by Gasteiger charge is 2.31. The Morgan fingerprint density at radius 3 is 2.40 bits per heavy atom. The van der Waals surface area contributed by atoms with Crippen molar-refractivity contribution in [3.63, 3.8) is 0 Å². The summed E-state index contributed by atoms with van der Waals surface area (Å²) in [4.78, 5) is 20.4. The fourth-order valence-corrected chi connectivity index (χ4v) is 4.28. The summed E-state index contributed by atoms with van der Waals surface area (Å²) in [6.07, 6.45) is 11.2. The van der Waals surface area contributed by atoms with Crippen LogP contribution in [0.3, 0.4) is 0 Å². The summed E-state index contributed by atoms with van der Waals surface area (Å²) in [5.41, 5.74) is 4.76. The number of anilines is 1. The Hall–Kier alpha value is -3.60. The smallest absolute Gasteiger partial charge is 0.217 e. The summed E-state index contributed by atoms with van der Waals surface area (Å²) < 4.78 is 0. The van der Waals surface area contributed by atoms with Crippen LogP contribution in [0.5, 0.6) is 0 Å². The van der Waals surface area contributed by atoms with Gasteiger partial charge in [-0.1, -0.05) is 72.9 Å². The molecule has 4 rings (SSSR count). The fraction of sp³-hybridized carbons (Fsp3) is 0.333. The first-order valence-electron chi connectivity index (χ1n) is 12.5. The summed E-state index contributed by atoms with van der Waals surface area (Å²) in [6, 6.07) is 19.5. The number of allylic oxidation sites excluding steroid dienone is 4. The van der Waals surface area contributed by atoms with Crippen LogP contribution < -0.4 is 10.2 Å². The van der Waals surface area contributed by atoms with E-state index < -0.39 is 0 Å². The van der Waals surface area contributed by atoms with Gasteiger partial charge in [-0.05, 0) is 51.3 Å². The lowest BCUT2D eigenvalue weighted by atomic mass is 10.0. The molecule has 1 saturated heterocycles. The van der Waals surface area contributed by atoms with Gasteiger partial charge in [0, 0.05) is 37.8 Å². The quantitative estimate of drug-likeness (QED) is 0.504. The lowest BCUT2D eigenvalue weighted by molar-refractivity contribution is -0.118. The Morgan fingerprint density at radius 1 is 1.03 bits per heavy atom. The van der Waals surface area contributed by atoms with Gasteiger partial charge < -0.3 is 15.1 Å². The van der Waals surface area contributed by atoms with Gasteiger partial charge in [-0.3, -0.25) is 4.79 Å². The molecule has 2 aromatic carbocycles. The molecule has 0 aliphatic carbocycles. The van der Waals surface area contributed by atoms with Crippen molar-refractivity contribution in [3.8, 4) is 0 Å². The third-order valence-electron chi connectivity index (χ3n) is 6.13. The molecule has 35 heavy (non-hydrogen) atoms. The maximum absolute atomic E-state index is 10.5. The van der Waals surface area contributed by atoms with Crippen molar-refractivity contribution < 1.29 is 4.79 Å². The molecular weight excluding hydrogens is 432 g/mol. The number of aliphatic imine (C=N–C) groups is 1. The number of guanidine groups is 1. The van der Waals surface area contributed by atoms with E-state index in [-0.39, 0.29) is 5.91 Å². The summed E-state index contributed by atoms with van der Waals surface area (Å²) in [5, 5.41) is 2.71. The van der Waals surface area contributed by atoms with Gasteiger partial charge in [-0.15, -0.1) is 0 Å². The first-order chi connectivity index (χ1) is 17.0. The number of piperidine rings is 1. The van der Waals surface area contributed by atoms with Crippen molar-refractivity contribution in [1.82, 2.24) is 10.2 Å². The van der Waals surface area contributed by atoms with Gasteiger partial charge in [-0.2, -0.15) is 0 Å². The molecule has 0 spiro atoms. The van der Waals surface area contributed by atoms with E-state index >= 15 is 0 Å². The number of nitrogens with zero attached hydrogens (tertiary/aromatic N) is 3. The average Bonchev–Trinajstić information content (AvgIpc) is 2.89. The maximum atomic E-state index is 10.5. The van der Waals surface area contributed by atoms with Crippen LogP contribution in [0.4, 0.5) is 11.4 Å². The molecule has 0 aromatic heterocycles. The van der Waals surface area contributed by atoms with E-state index in [0.29, 0.717) is 12.6 Å². The Balaban J connectivity index is 0.000000245. The van der Waals surface area contributed by atoms with Gasteiger partial charge in [0.25, 0.3) is 0 Å². The standard InChI is InChI=1S/C20H23N3.C10H15NO/c1-16-18-12-6-7-13-19(18)21-20(22-14-8-3-9-15-22)23(16)17-10-4-2-5-11-17;1-4-5-6-7-9(2)8-11-10(3)12/h2,4-7,10-13,16H,3,8-9,14-15H2,1H3;4-7H,1,8H2,2-3H3,(H,11,12)/b;6-5-,9-7+. The third-order valence-corrected chi connectivity index (χ3v) is 6.13. The molecule has 1 unspecified atom stereocenters. The highest BCUT2D eigenvalue weighted by atomic mass is 16.1. The maximum Gasteiger partial charge on any atom is 0.217 e. The molecule has 1 fully saturated rings. The van der Waals surface area contributed by atoms with Gasteiger partial charge in [0.2, 0.25) is 11.9 Å². The van der Waals surface area contributed by atoms with Crippen molar-refractivity contribution in [3.05, 3.63) is 96.6 Å². The molecule has 0 radical (unpaired) electrons. The topological polar surface area (TPSA) is 47.9 Å². The normalized spacial score (nSPS) is 17.7. The predicted octanol–water partition coefficient (Wildman–Crippen LogP) is 6.55. The van der Waals surface area contributed by atoms with Crippen LogP contribution in [0, 0.1) is 0 Å². The zero-order chi connectivity index (χ0) is 25.0. The molecule has 1 N–H and O–H groups in total. The van der Waals surface area contributed by atoms with E-state index in [0.717, 1.165) is 30.3 Å². The van der Waals surface area contributed by atoms with Crippen LogP contribution >= 0.6 is 0 Å². The van der Waals surface area contributed by atoms with E-state index in [4.69, 9.17) is 4.99 Å². The van der Waals surface area contributed by atoms with Crippen molar-refractivity contribution in [2.75, 3.05) is 24.5 Å². The fourth-order valence-electron chi connectivity index (χ4n) is 4.28. The Morgan fingerprint density at radius 2 is 1.71 bits per heavy atom. The molecule has 0 saturated carbocycles. The van der Waals surface area contributed by atoms with Crippen LogP contribution in [0.1, 0.15) is 51.6 Å². The number of para-hydroxylation sites is 2. The lowest BCUT2D eigenvalue weighted by Gasteiger charge is -2.42. The number of amides is 1. The number of nitrogens with one attached hydrogen (secondary N) is 1. The summed E-state index contributed by atoms with van der Waals surface area (Å²) in [7, 11) is 0. The minimum Gasteiger partial charge on any atom is -0.353 e. The molecule has 2 heterocycles. The Bertz CT molecular complexity index is 1060. The molecule has 2 aliphatic rings. The number of rotatable bonds is 5. The zero-order valence-electron chi connectivity index (χ0n) is 21.3. The molecule has 2 aromatic rings. The zero-order valence-corrected chi connectivity index (χ0v) is 21.3. The average molecular weight is 471 g/mol. The molecule has 1 amide bonds. The number of hydrogen-bond donors (Lipinski definition) is 1. The van der Waals surface area contributed by atoms with Gasteiger partial charge in [0.05, 0.1) is 11.7 Å². The second kappa shape index (κ2) is 13.3. The number of fused-ring (bicyclic) bond motifs is 1.